The molecule has 0 unspecified atom stereocenters. The predicted molar refractivity (Wildman–Crippen MR) is 79.1 cm³/mol. The van der Waals surface area contributed by atoms with Gasteiger partial charge in [0.25, 0.3) is 0 Å². The van der Waals surface area contributed by atoms with Crippen LogP contribution in [0.15, 0.2) is 24.3 Å². The van der Waals surface area contributed by atoms with E-state index in [-0.39, 0.29) is 5.92 Å². The van der Waals surface area contributed by atoms with Gasteiger partial charge in [-0.25, -0.2) is 9.97 Å². The number of ether oxygens (including phenoxy) is 2. The lowest BCUT2D eigenvalue weighted by Crippen LogP contribution is -2.02. The molecule has 0 aliphatic carbocycles. The number of nitrogen functional groups attached to an aromatic ring is 1. The summed E-state index contributed by atoms with van der Waals surface area (Å²) in [7, 11) is 3.23. The van der Waals surface area contributed by atoms with Gasteiger partial charge in [-0.15, -0.1) is 0 Å². The third kappa shape index (κ3) is 2.82. The molecule has 0 saturated heterocycles. The van der Waals surface area contributed by atoms with Crippen molar-refractivity contribution in [3.05, 3.63) is 30.0 Å². The van der Waals surface area contributed by atoms with E-state index in [9.17, 15) is 0 Å². The molecular weight excluding hydrogens is 254 g/mol. The summed E-state index contributed by atoms with van der Waals surface area (Å²) in [4.78, 5) is 8.86. The molecule has 0 saturated carbocycles. The number of benzene rings is 1. The minimum absolute atomic E-state index is 0.274. The molecule has 0 radical (unpaired) electrons. The van der Waals surface area contributed by atoms with Crippen molar-refractivity contribution in [2.75, 3.05) is 20.0 Å². The Morgan fingerprint density at radius 2 is 1.80 bits per heavy atom. The zero-order chi connectivity index (χ0) is 14.7. The van der Waals surface area contributed by atoms with Crippen LogP contribution in [-0.4, -0.2) is 24.2 Å². The molecule has 0 aliphatic rings. The number of hydrogen-bond donors (Lipinski definition) is 1. The summed E-state index contributed by atoms with van der Waals surface area (Å²) in [5.41, 5.74) is 7.54. The number of nitrogens with zero attached hydrogens (tertiary/aromatic N) is 2. The first-order valence-electron chi connectivity index (χ1n) is 6.42. The SMILES string of the molecule is COc1ccc(OC)c(-c2nc(N)cc(C(C)C)n2)c1. The van der Waals surface area contributed by atoms with Crippen molar-refractivity contribution >= 4 is 5.82 Å². The van der Waals surface area contributed by atoms with E-state index >= 15 is 0 Å². The zero-order valence-electron chi connectivity index (χ0n) is 12.2. The third-order valence-electron chi connectivity index (χ3n) is 3.00. The Labute approximate surface area is 118 Å². The van der Waals surface area contributed by atoms with Crippen molar-refractivity contribution in [2.45, 2.75) is 19.8 Å². The van der Waals surface area contributed by atoms with Crippen molar-refractivity contribution < 1.29 is 9.47 Å². The van der Waals surface area contributed by atoms with E-state index in [4.69, 9.17) is 15.2 Å². The number of anilines is 1. The Kier molecular flexibility index (Phi) is 4.08. The molecule has 106 valence electrons. The molecule has 2 N–H and O–H groups in total. The van der Waals surface area contributed by atoms with Gasteiger partial charge in [0.1, 0.15) is 17.3 Å². The summed E-state index contributed by atoms with van der Waals surface area (Å²) in [6.07, 6.45) is 0. The van der Waals surface area contributed by atoms with Crippen molar-refractivity contribution in [1.82, 2.24) is 9.97 Å². The normalized spacial score (nSPS) is 10.7. The highest BCUT2D eigenvalue weighted by Gasteiger charge is 2.13. The maximum atomic E-state index is 5.87. The van der Waals surface area contributed by atoms with E-state index < -0.39 is 0 Å². The van der Waals surface area contributed by atoms with Gasteiger partial charge in [0.05, 0.1) is 19.8 Å². The topological polar surface area (TPSA) is 70.3 Å². The molecule has 1 aromatic heterocycles. The van der Waals surface area contributed by atoms with Gasteiger partial charge in [-0.2, -0.15) is 0 Å². The van der Waals surface area contributed by atoms with E-state index in [1.807, 2.05) is 18.2 Å². The largest absolute Gasteiger partial charge is 0.497 e. The fraction of sp³-hybridized carbons (Fsp3) is 0.333. The molecule has 0 aliphatic heterocycles. The van der Waals surface area contributed by atoms with E-state index in [1.165, 1.54) is 0 Å². The molecule has 0 bridgehead atoms. The molecule has 20 heavy (non-hydrogen) atoms. The Bertz CT molecular complexity index is 612. The van der Waals surface area contributed by atoms with Crippen LogP contribution in [0.3, 0.4) is 0 Å². The van der Waals surface area contributed by atoms with Gasteiger partial charge in [-0.1, -0.05) is 13.8 Å². The molecule has 5 heteroatoms. The fourth-order valence-corrected chi connectivity index (χ4v) is 1.89. The third-order valence-corrected chi connectivity index (χ3v) is 3.00. The second kappa shape index (κ2) is 5.77. The number of methoxy groups -OCH3 is 2. The highest BCUT2D eigenvalue weighted by atomic mass is 16.5. The van der Waals surface area contributed by atoms with Gasteiger partial charge in [-0.05, 0) is 24.1 Å². The molecule has 2 rings (SSSR count). The maximum Gasteiger partial charge on any atom is 0.165 e. The molecule has 0 atom stereocenters. The molecule has 1 aromatic carbocycles. The van der Waals surface area contributed by atoms with Gasteiger partial charge < -0.3 is 15.2 Å². The monoisotopic (exact) mass is 273 g/mol. The molecule has 1 heterocycles. The number of hydrogen-bond acceptors (Lipinski definition) is 5. The summed E-state index contributed by atoms with van der Waals surface area (Å²) < 4.78 is 10.6. The Morgan fingerprint density at radius 1 is 1.05 bits per heavy atom. The van der Waals surface area contributed by atoms with Gasteiger partial charge >= 0.3 is 0 Å². The molecular formula is C15H19N3O2. The minimum Gasteiger partial charge on any atom is -0.497 e. The van der Waals surface area contributed by atoms with Crippen LogP contribution in [0.2, 0.25) is 0 Å². The summed E-state index contributed by atoms with van der Waals surface area (Å²) >= 11 is 0. The average molecular weight is 273 g/mol. The lowest BCUT2D eigenvalue weighted by molar-refractivity contribution is 0.404. The smallest absolute Gasteiger partial charge is 0.165 e. The zero-order valence-corrected chi connectivity index (χ0v) is 12.2. The van der Waals surface area contributed by atoms with Gasteiger partial charge in [0, 0.05) is 11.8 Å². The maximum absolute atomic E-state index is 5.87. The summed E-state index contributed by atoms with van der Waals surface area (Å²) in [5, 5.41) is 0. The molecule has 2 aromatic rings. The van der Waals surface area contributed by atoms with Crippen LogP contribution in [0.1, 0.15) is 25.5 Å². The van der Waals surface area contributed by atoms with Crippen LogP contribution in [0.25, 0.3) is 11.4 Å². The second-order valence-corrected chi connectivity index (χ2v) is 4.76. The summed E-state index contributed by atoms with van der Waals surface area (Å²) in [5.74, 6) is 2.67. The highest BCUT2D eigenvalue weighted by Crippen LogP contribution is 2.32. The lowest BCUT2D eigenvalue weighted by Gasteiger charge is -2.12. The van der Waals surface area contributed by atoms with Crippen molar-refractivity contribution in [1.29, 1.82) is 0 Å². The first-order valence-corrected chi connectivity index (χ1v) is 6.42. The van der Waals surface area contributed by atoms with Crippen LogP contribution in [0.4, 0.5) is 5.82 Å². The van der Waals surface area contributed by atoms with E-state index in [0.717, 1.165) is 17.0 Å². The van der Waals surface area contributed by atoms with Crippen LogP contribution >= 0.6 is 0 Å². The van der Waals surface area contributed by atoms with E-state index in [1.54, 1.807) is 20.3 Å². The molecule has 5 nitrogen and oxygen atoms in total. The fourth-order valence-electron chi connectivity index (χ4n) is 1.89. The van der Waals surface area contributed by atoms with Crippen molar-refractivity contribution in [2.24, 2.45) is 0 Å². The summed E-state index contributed by atoms with van der Waals surface area (Å²) in [6, 6.07) is 7.30. The van der Waals surface area contributed by atoms with Crippen molar-refractivity contribution in [3.8, 4) is 22.9 Å². The Hall–Kier alpha value is -2.30. The standard InChI is InChI=1S/C15H19N3O2/c1-9(2)12-8-14(16)18-15(17-12)11-7-10(19-3)5-6-13(11)20-4/h5-9H,1-4H3,(H2,16,17,18). The van der Waals surface area contributed by atoms with E-state index in [2.05, 4.69) is 23.8 Å². The van der Waals surface area contributed by atoms with Gasteiger partial charge in [0.15, 0.2) is 5.82 Å². The minimum atomic E-state index is 0.274. The number of nitrogens with two attached hydrogens (primary N) is 1. The first kappa shape index (κ1) is 14.1. The van der Waals surface area contributed by atoms with Gasteiger partial charge in [-0.3, -0.25) is 0 Å². The number of rotatable bonds is 4. The average Bonchev–Trinajstić information content (AvgIpc) is 2.45. The Morgan fingerprint density at radius 3 is 2.40 bits per heavy atom. The van der Waals surface area contributed by atoms with Crippen LogP contribution in [-0.2, 0) is 0 Å². The van der Waals surface area contributed by atoms with Crippen LogP contribution in [0, 0.1) is 0 Å². The molecule has 0 amide bonds. The second-order valence-electron chi connectivity index (χ2n) is 4.76. The first-order chi connectivity index (χ1) is 9.55. The van der Waals surface area contributed by atoms with Gasteiger partial charge in [0.2, 0.25) is 0 Å². The quantitative estimate of drug-likeness (QED) is 0.927. The predicted octanol–water partition coefficient (Wildman–Crippen LogP) is 2.87. The van der Waals surface area contributed by atoms with Crippen molar-refractivity contribution in [3.63, 3.8) is 0 Å². The number of aromatic nitrogens is 2. The summed E-state index contributed by atoms with van der Waals surface area (Å²) in [6.45, 7) is 4.13. The molecule has 0 spiro atoms. The van der Waals surface area contributed by atoms with E-state index in [0.29, 0.717) is 17.4 Å². The highest BCUT2D eigenvalue weighted by molar-refractivity contribution is 5.67. The molecule has 0 fully saturated rings. The lowest BCUT2D eigenvalue weighted by atomic mass is 10.1. The van der Waals surface area contributed by atoms with Crippen LogP contribution in [0.5, 0.6) is 11.5 Å². The Balaban J connectivity index is 2.60. The van der Waals surface area contributed by atoms with Crippen LogP contribution < -0.4 is 15.2 Å².